The SMILES string of the molecule is O=C(N[C@H]1CCCC[C@@H]1O)c1occc1-c1ccccc1. The summed E-state index contributed by atoms with van der Waals surface area (Å²) in [6.07, 6.45) is 4.67. The van der Waals surface area contributed by atoms with Gasteiger partial charge in [0.25, 0.3) is 5.91 Å². The summed E-state index contributed by atoms with van der Waals surface area (Å²) in [6.45, 7) is 0. The summed E-state index contributed by atoms with van der Waals surface area (Å²) in [6, 6.07) is 11.3. The third-order valence-corrected chi connectivity index (χ3v) is 4.00. The minimum Gasteiger partial charge on any atom is -0.459 e. The van der Waals surface area contributed by atoms with Gasteiger partial charge in [0, 0.05) is 5.56 Å². The maximum Gasteiger partial charge on any atom is 0.287 e. The third-order valence-electron chi connectivity index (χ3n) is 4.00. The topological polar surface area (TPSA) is 62.5 Å². The van der Waals surface area contributed by atoms with E-state index < -0.39 is 6.10 Å². The highest BCUT2D eigenvalue weighted by molar-refractivity contribution is 5.98. The molecular weight excluding hydrogens is 266 g/mol. The zero-order valence-electron chi connectivity index (χ0n) is 11.8. The normalized spacial score (nSPS) is 22.0. The summed E-state index contributed by atoms with van der Waals surface area (Å²) in [5, 5.41) is 12.9. The van der Waals surface area contributed by atoms with Gasteiger partial charge < -0.3 is 14.8 Å². The predicted molar refractivity (Wildman–Crippen MR) is 79.9 cm³/mol. The second kappa shape index (κ2) is 6.14. The van der Waals surface area contributed by atoms with Crippen LogP contribution in [0, 0.1) is 0 Å². The van der Waals surface area contributed by atoms with Crippen LogP contribution in [0.15, 0.2) is 47.1 Å². The van der Waals surface area contributed by atoms with Crippen molar-refractivity contribution >= 4 is 5.91 Å². The lowest BCUT2D eigenvalue weighted by atomic mass is 9.92. The lowest BCUT2D eigenvalue weighted by molar-refractivity contribution is 0.0699. The molecule has 0 bridgehead atoms. The molecule has 2 N–H and O–H groups in total. The molecule has 0 radical (unpaired) electrons. The van der Waals surface area contributed by atoms with Gasteiger partial charge in [-0.25, -0.2) is 0 Å². The quantitative estimate of drug-likeness (QED) is 0.911. The van der Waals surface area contributed by atoms with E-state index in [0.717, 1.165) is 36.8 Å². The maximum atomic E-state index is 12.4. The number of aliphatic hydroxyl groups is 1. The van der Waals surface area contributed by atoms with Crippen LogP contribution >= 0.6 is 0 Å². The molecule has 110 valence electrons. The Morgan fingerprint density at radius 3 is 2.67 bits per heavy atom. The summed E-state index contributed by atoms with van der Waals surface area (Å²) in [5.41, 5.74) is 1.72. The molecule has 2 atom stereocenters. The average molecular weight is 285 g/mol. The van der Waals surface area contributed by atoms with Crippen molar-refractivity contribution < 1.29 is 14.3 Å². The summed E-state index contributed by atoms with van der Waals surface area (Å²) in [7, 11) is 0. The number of hydrogen-bond acceptors (Lipinski definition) is 3. The van der Waals surface area contributed by atoms with E-state index in [1.807, 2.05) is 30.3 Å². The Morgan fingerprint density at radius 1 is 1.14 bits per heavy atom. The molecule has 3 rings (SSSR count). The summed E-state index contributed by atoms with van der Waals surface area (Å²) >= 11 is 0. The highest BCUT2D eigenvalue weighted by Gasteiger charge is 2.26. The predicted octanol–water partition coefficient (Wildman–Crippen LogP) is 2.98. The molecule has 1 aliphatic rings. The van der Waals surface area contributed by atoms with Gasteiger partial charge in [0.2, 0.25) is 0 Å². The van der Waals surface area contributed by atoms with Crippen LogP contribution in [-0.4, -0.2) is 23.2 Å². The number of nitrogens with one attached hydrogen (secondary N) is 1. The molecule has 0 saturated heterocycles. The Kier molecular flexibility index (Phi) is 4.06. The fourth-order valence-electron chi connectivity index (χ4n) is 2.84. The van der Waals surface area contributed by atoms with Gasteiger partial charge in [-0.2, -0.15) is 0 Å². The van der Waals surface area contributed by atoms with Gasteiger partial charge in [0.15, 0.2) is 5.76 Å². The first-order valence-electron chi connectivity index (χ1n) is 7.37. The summed E-state index contributed by atoms with van der Waals surface area (Å²) in [4.78, 5) is 12.4. The first-order chi connectivity index (χ1) is 10.3. The number of carbonyl (C=O) groups is 1. The van der Waals surface area contributed by atoms with Gasteiger partial charge in [0.1, 0.15) is 0 Å². The second-order valence-electron chi connectivity index (χ2n) is 5.46. The molecule has 21 heavy (non-hydrogen) atoms. The Hall–Kier alpha value is -2.07. The molecule has 1 fully saturated rings. The first kappa shape index (κ1) is 13.9. The first-order valence-corrected chi connectivity index (χ1v) is 7.37. The smallest absolute Gasteiger partial charge is 0.287 e. The zero-order chi connectivity index (χ0) is 14.7. The molecule has 4 nitrogen and oxygen atoms in total. The fraction of sp³-hybridized carbons (Fsp3) is 0.353. The van der Waals surface area contributed by atoms with Crippen molar-refractivity contribution in [2.24, 2.45) is 0 Å². The van der Waals surface area contributed by atoms with Crippen LogP contribution in [0.2, 0.25) is 0 Å². The standard InChI is InChI=1S/C17H19NO3/c19-15-9-5-4-8-14(15)18-17(20)16-13(10-11-21-16)12-6-2-1-3-7-12/h1-3,6-7,10-11,14-15,19H,4-5,8-9H2,(H,18,20)/t14-,15-/m0/s1. The largest absolute Gasteiger partial charge is 0.459 e. The highest BCUT2D eigenvalue weighted by atomic mass is 16.3. The van der Waals surface area contributed by atoms with E-state index in [4.69, 9.17) is 4.42 Å². The molecule has 1 aromatic carbocycles. The second-order valence-corrected chi connectivity index (χ2v) is 5.46. The zero-order valence-corrected chi connectivity index (χ0v) is 11.8. The van der Waals surface area contributed by atoms with Crippen molar-refractivity contribution in [1.29, 1.82) is 0 Å². The van der Waals surface area contributed by atoms with Crippen molar-refractivity contribution in [2.75, 3.05) is 0 Å². The van der Waals surface area contributed by atoms with Gasteiger partial charge >= 0.3 is 0 Å². The van der Waals surface area contributed by atoms with Crippen LogP contribution in [0.4, 0.5) is 0 Å². The number of amides is 1. The molecular formula is C17H19NO3. The van der Waals surface area contributed by atoms with E-state index in [2.05, 4.69) is 5.32 Å². The Bertz CT molecular complexity index is 606. The summed E-state index contributed by atoms with van der Waals surface area (Å²) in [5.74, 6) is 0.0452. The van der Waals surface area contributed by atoms with Crippen LogP contribution < -0.4 is 5.32 Å². The monoisotopic (exact) mass is 285 g/mol. The van der Waals surface area contributed by atoms with Crippen molar-refractivity contribution in [3.05, 3.63) is 48.4 Å². The van der Waals surface area contributed by atoms with Gasteiger partial charge in [-0.3, -0.25) is 4.79 Å². The lowest BCUT2D eigenvalue weighted by Gasteiger charge is -2.28. The minimum absolute atomic E-state index is 0.181. The number of benzene rings is 1. The molecule has 1 saturated carbocycles. The van der Waals surface area contributed by atoms with Crippen molar-refractivity contribution in [2.45, 2.75) is 37.8 Å². The number of aliphatic hydroxyl groups excluding tert-OH is 1. The minimum atomic E-state index is -0.460. The highest BCUT2D eigenvalue weighted by Crippen LogP contribution is 2.25. The van der Waals surface area contributed by atoms with E-state index in [1.165, 1.54) is 6.26 Å². The molecule has 1 aromatic heterocycles. The Labute approximate surface area is 123 Å². The fourth-order valence-corrected chi connectivity index (χ4v) is 2.84. The average Bonchev–Trinajstić information content (AvgIpc) is 3.00. The van der Waals surface area contributed by atoms with E-state index in [0.29, 0.717) is 5.76 Å². The van der Waals surface area contributed by atoms with Crippen LogP contribution in [0.25, 0.3) is 11.1 Å². The van der Waals surface area contributed by atoms with Crippen LogP contribution in [0.1, 0.15) is 36.2 Å². The van der Waals surface area contributed by atoms with Crippen molar-refractivity contribution in [3.63, 3.8) is 0 Å². The molecule has 0 unspecified atom stereocenters. The number of hydrogen-bond donors (Lipinski definition) is 2. The number of carbonyl (C=O) groups excluding carboxylic acids is 1. The molecule has 1 amide bonds. The van der Waals surface area contributed by atoms with Crippen LogP contribution in [0.5, 0.6) is 0 Å². The summed E-state index contributed by atoms with van der Waals surface area (Å²) < 4.78 is 5.36. The lowest BCUT2D eigenvalue weighted by Crippen LogP contribution is -2.45. The molecule has 0 spiro atoms. The van der Waals surface area contributed by atoms with Gasteiger partial charge in [-0.05, 0) is 24.5 Å². The van der Waals surface area contributed by atoms with Gasteiger partial charge in [0.05, 0.1) is 18.4 Å². The van der Waals surface area contributed by atoms with E-state index in [1.54, 1.807) is 6.07 Å². The van der Waals surface area contributed by atoms with E-state index in [-0.39, 0.29) is 11.9 Å². The van der Waals surface area contributed by atoms with E-state index >= 15 is 0 Å². The van der Waals surface area contributed by atoms with Gasteiger partial charge in [-0.15, -0.1) is 0 Å². The molecule has 4 heteroatoms. The maximum absolute atomic E-state index is 12.4. The molecule has 2 aromatic rings. The molecule has 1 heterocycles. The number of rotatable bonds is 3. The van der Waals surface area contributed by atoms with Crippen molar-refractivity contribution in [1.82, 2.24) is 5.32 Å². The van der Waals surface area contributed by atoms with Crippen LogP contribution in [-0.2, 0) is 0 Å². The Balaban J connectivity index is 1.78. The van der Waals surface area contributed by atoms with Crippen molar-refractivity contribution in [3.8, 4) is 11.1 Å². The molecule has 0 aliphatic heterocycles. The third kappa shape index (κ3) is 3.00. The number of furan rings is 1. The van der Waals surface area contributed by atoms with Gasteiger partial charge in [-0.1, -0.05) is 43.2 Å². The van der Waals surface area contributed by atoms with E-state index in [9.17, 15) is 9.90 Å². The van der Waals surface area contributed by atoms with Crippen LogP contribution in [0.3, 0.4) is 0 Å². The molecule has 1 aliphatic carbocycles. The Morgan fingerprint density at radius 2 is 1.90 bits per heavy atom.